The Kier molecular flexibility index (Phi) is 27.3. The molecule has 0 saturated heterocycles. The Morgan fingerprint density at radius 2 is 0.658 bits per heavy atom. The van der Waals surface area contributed by atoms with Crippen molar-refractivity contribution in [3.05, 3.63) is 0 Å². The maximum Gasteiger partial charge on any atom is 0.193 e. The second kappa shape index (κ2) is 27.8. The van der Waals surface area contributed by atoms with Gasteiger partial charge in [0.05, 0.1) is 0 Å². The molecule has 4 heteroatoms. The molecule has 0 amide bonds. The molecule has 0 spiro atoms. The number of Topliss-reactive ketones (excluding diaryl/α,β-unsaturated/α-hetero) is 2. The summed E-state index contributed by atoms with van der Waals surface area (Å²) >= 11 is 0. The van der Waals surface area contributed by atoms with Crippen molar-refractivity contribution in [1.82, 2.24) is 0 Å². The number of ketones is 2. The Morgan fingerprint density at radius 1 is 0.447 bits per heavy atom. The smallest absolute Gasteiger partial charge is 0.193 e. The van der Waals surface area contributed by atoms with Gasteiger partial charge in [-0.05, 0) is 12.8 Å². The van der Waals surface area contributed by atoms with Crippen LogP contribution in [0, 0.1) is 0 Å². The number of rotatable bonds is 31. The van der Waals surface area contributed by atoms with E-state index in [1.54, 1.807) is 0 Å². The summed E-state index contributed by atoms with van der Waals surface area (Å²) in [6.45, 7) is 4.23. The Labute approximate surface area is 237 Å². The predicted molar refractivity (Wildman–Crippen MR) is 165 cm³/mol. The van der Waals surface area contributed by atoms with Gasteiger partial charge in [0.25, 0.3) is 0 Å². The molecule has 0 heterocycles. The largest absolute Gasteiger partial charge is 0.374 e. The molecule has 0 fully saturated rings. The molecule has 0 aliphatic rings. The first kappa shape index (κ1) is 37.3. The zero-order chi connectivity index (χ0) is 28.2. The van der Waals surface area contributed by atoms with Crippen LogP contribution in [0.1, 0.15) is 194 Å². The normalized spacial score (nSPS) is 11.8. The van der Waals surface area contributed by atoms with Crippen LogP contribution in [0.5, 0.6) is 0 Å². The Hall–Kier alpha value is -0.740. The summed E-state index contributed by atoms with van der Waals surface area (Å²) in [4.78, 5) is 25.2. The van der Waals surface area contributed by atoms with Gasteiger partial charge in [0.1, 0.15) is 0 Å². The zero-order valence-corrected chi connectivity index (χ0v) is 25.8. The fraction of sp³-hybridized carbons (Fsp3) is 0.941. The second-order valence-corrected chi connectivity index (χ2v) is 11.9. The average Bonchev–Trinajstić information content (AvgIpc) is 2.93. The quantitative estimate of drug-likeness (QED) is 0.0681. The predicted octanol–water partition coefficient (Wildman–Crippen LogP) is 9.78. The highest BCUT2D eigenvalue weighted by molar-refractivity contribution is 6.10. The molecule has 3 N–H and O–H groups in total. The summed E-state index contributed by atoms with van der Waals surface area (Å²) in [5.74, 6) is -0.745. The van der Waals surface area contributed by atoms with E-state index in [1.807, 2.05) is 0 Å². The SMILES string of the molecule is CCCCCCCCCCCCCCCC(=O)C(O)(CN)C(=O)CCCCCCCCCCCCCCC. The van der Waals surface area contributed by atoms with Gasteiger partial charge in [-0.15, -0.1) is 0 Å². The van der Waals surface area contributed by atoms with Crippen molar-refractivity contribution in [2.75, 3.05) is 6.54 Å². The number of aliphatic hydroxyl groups is 1. The highest BCUT2D eigenvalue weighted by atomic mass is 16.3. The van der Waals surface area contributed by atoms with Crippen LogP contribution in [-0.2, 0) is 9.59 Å². The average molecular weight is 538 g/mol. The monoisotopic (exact) mass is 538 g/mol. The van der Waals surface area contributed by atoms with E-state index in [9.17, 15) is 14.7 Å². The van der Waals surface area contributed by atoms with Crippen LogP contribution < -0.4 is 5.73 Å². The molecular weight excluding hydrogens is 470 g/mol. The summed E-state index contributed by atoms with van der Waals surface area (Å²) in [5.41, 5.74) is 3.74. The van der Waals surface area contributed by atoms with E-state index in [0.29, 0.717) is 0 Å². The molecule has 0 radical (unpaired) electrons. The van der Waals surface area contributed by atoms with Gasteiger partial charge in [0.2, 0.25) is 0 Å². The fourth-order valence-corrected chi connectivity index (χ4v) is 5.40. The maximum absolute atomic E-state index is 12.6. The Bertz CT molecular complexity index is 492. The highest BCUT2D eigenvalue weighted by Crippen LogP contribution is 2.19. The van der Waals surface area contributed by atoms with Crippen molar-refractivity contribution in [3.63, 3.8) is 0 Å². The molecule has 0 saturated carbocycles. The van der Waals surface area contributed by atoms with Crippen molar-refractivity contribution < 1.29 is 14.7 Å². The summed E-state index contributed by atoms with van der Waals surface area (Å²) in [7, 11) is 0. The summed E-state index contributed by atoms with van der Waals surface area (Å²) in [5, 5.41) is 10.7. The van der Waals surface area contributed by atoms with Gasteiger partial charge in [-0.3, -0.25) is 9.59 Å². The standard InChI is InChI=1S/C34H67NO3/c1-3-5-7-9-11-13-15-17-19-21-23-25-27-29-32(36)34(38,31-35)33(37)30-28-26-24-22-20-18-16-14-12-10-8-6-4-2/h38H,3-31,35H2,1-2H3. The molecule has 0 aromatic carbocycles. The molecule has 0 aliphatic carbocycles. The first-order valence-electron chi connectivity index (χ1n) is 17.0. The number of carbonyl (C=O) groups is 2. The Morgan fingerprint density at radius 3 is 0.868 bits per heavy atom. The van der Waals surface area contributed by atoms with Crippen molar-refractivity contribution in [3.8, 4) is 0 Å². The minimum atomic E-state index is -1.96. The van der Waals surface area contributed by atoms with Crippen molar-refractivity contribution in [1.29, 1.82) is 0 Å². The maximum atomic E-state index is 12.6. The number of carbonyl (C=O) groups excluding carboxylic acids is 2. The molecule has 38 heavy (non-hydrogen) atoms. The van der Waals surface area contributed by atoms with Crippen LogP contribution >= 0.6 is 0 Å². The van der Waals surface area contributed by atoms with Crippen molar-refractivity contribution >= 4 is 11.6 Å². The van der Waals surface area contributed by atoms with E-state index < -0.39 is 5.60 Å². The summed E-state index contributed by atoms with van der Waals surface area (Å²) in [6.07, 6.45) is 32.9. The summed E-state index contributed by atoms with van der Waals surface area (Å²) < 4.78 is 0. The van der Waals surface area contributed by atoms with E-state index in [2.05, 4.69) is 13.8 Å². The molecule has 0 aromatic rings. The minimum absolute atomic E-state index is 0.260. The van der Waals surface area contributed by atoms with Crippen molar-refractivity contribution in [2.24, 2.45) is 5.73 Å². The van der Waals surface area contributed by atoms with Crippen LogP contribution in [0.2, 0.25) is 0 Å². The lowest BCUT2D eigenvalue weighted by molar-refractivity contribution is -0.150. The summed E-state index contributed by atoms with van der Waals surface area (Å²) in [6, 6.07) is 0. The van der Waals surface area contributed by atoms with Crippen LogP contribution in [0.25, 0.3) is 0 Å². The minimum Gasteiger partial charge on any atom is -0.374 e. The highest BCUT2D eigenvalue weighted by Gasteiger charge is 2.40. The van der Waals surface area contributed by atoms with Crippen LogP contribution in [-0.4, -0.2) is 28.8 Å². The van der Waals surface area contributed by atoms with Crippen LogP contribution in [0.3, 0.4) is 0 Å². The van der Waals surface area contributed by atoms with E-state index in [0.717, 1.165) is 38.5 Å². The molecule has 0 atom stereocenters. The lowest BCUT2D eigenvalue weighted by Gasteiger charge is -2.23. The molecule has 0 unspecified atom stereocenters. The molecular formula is C34H67NO3. The van der Waals surface area contributed by atoms with Gasteiger partial charge >= 0.3 is 0 Å². The van der Waals surface area contributed by atoms with Crippen LogP contribution in [0.15, 0.2) is 0 Å². The lowest BCUT2D eigenvalue weighted by Crippen LogP contribution is -2.52. The van der Waals surface area contributed by atoms with E-state index in [4.69, 9.17) is 5.73 Å². The number of nitrogens with two attached hydrogens (primary N) is 1. The molecule has 0 bridgehead atoms. The number of hydrogen-bond acceptors (Lipinski definition) is 4. The second-order valence-electron chi connectivity index (χ2n) is 11.9. The van der Waals surface area contributed by atoms with Gasteiger partial charge < -0.3 is 10.8 Å². The first-order valence-corrected chi connectivity index (χ1v) is 17.0. The topological polar surface area (TPSA) is 80.4 Å². The fourth-order valence-electron chi connectivity index (χ4n) is 5.40. The lowest BCUT2D eigenvalue weighted by atomic mass is 9.87. The van der Waals surface area contributed by atoms with Gasteiger partial charge in [-0.2, -0.15) is 0 Å². The number of unbranched alkanes of at least 4 members (excludes halogenated alkanes) is 24. The van der Waals surface area contributed by atoms with Gasteiger partial charge in [-0.25, -0.2) is 0 Å². The molecule has 226 valence electrons. The third-order valence-electron chi connectivity index (χ3n) is 8.23. The van der Waals surface area contributed by atoms with Gasteiger partial charge in [0, 0.05) is 19.4 Å². The van der Waals surface area contributed by atoms with E-state index in [1.165, 1.54) is 128 Å². The zero-order valence-electron chi connectivity index (χ0n) is 25.8. The number of hydrogen-bond donors (Lipinski definition) is 2. The van der Waals surface area contributed by atoms with Crippen LogP contribution in [0.4, 0.5) is 0 Å². The van der Waals surface area contributed by atoms with Gasteiger partial charge in [-0.1, -0.05) is 168 Å². The van der Waals surface area contributed by atoms with E-state index in [-0.39, 0.29) is 31.0 Å². The first-order chi connectivity index (χ1) is 18.5. The van der Waals surface area contributed by atoms with E-state index >= 15 is 0 Å². The molecule has 0 aliphatic heterocycles. The Balaban J connectivity index is 3.73. The van der Waals surface area contributed by atoms with Gasteiger partial charge in [0.15, 0.2) is 17.2 Å². The molecule has 4 nitrogen and oxygen atoms in total. The van der Waals surface area contributed by atoms with Crippen molar-refractivity contribution in [2.45, 2.75) is 199 Å². The third kappa shape index (κ3) is 21.1. The molecule has 0 aromatic heterocycles. The molecule has 0 rings (SSSR count). The third-order valence-corrected chi connectivity index (χ3v) is 8.23.